The van der Waals surface area contributed by atoms with Crippen LogP contribution < -0.4 is 5.32 Å². The van der Waals surface area contributed by atoms with Crippen molar-refractivity contribution in [2.45, 2.75) is 38.0 Å². The number of hydrogen-bond acceptors (Lipinski definition) is 2. The predicted molar refractivity (Wildman–Crippen MR) is 71.3 cm³/mol. The van der Waals surface area contributed by atoms with E-state index < -0.39 is 11.7 Å². The first kappa shape index (κ1) is 13.4. The smallest absolute Gasteiger partial charge is 0.299 e. The van der Waals surface area contributed by atoms with Crippen molar-refractivity contribution in [3.63, 3.8) is 0 Å². The number of fused-ring (bicyclic) bond motifs is 1. The summed E-state index contributed by atoms with van der Waals surface area (Å²) in [5, 5.41) is 3.60. The van der Waals surface area contributed by atoms with Crippen molar-refractivity contribution in [2.24, 2.45) is 0 Å². The molecule has 1 aromatic carbocycles. The molecule has 3 rings (SSSR count). The predicted octanol–water partition coefficient (Wildman–Crippen LogP) is 3.73. The van der Waals surface area contributed by atoms with Crippen LogP contribution in [0.3, 0.4) is 0 Å². The van der Waals surface area contributed by atoms with E-state index in [0.717, 1.165) is 22.2 Å². The van der Waals surface area contributed by atoms with Gasteiger partial charge in [-0.3, -0.25) is 10.3 Å². The first-order valence-corrected chi connectivity index (χ1v) is 6.58. The molecule has 1 saturated carbocycles. The topological polar surface area (TPSA) is 24.9 Å². The Kier molecular flexibility index (Phi) is 2.97. The highest BCUT2D eigenvalue weighted by atomic mass is 19.4. The van der Waals surface area contributed by atoms with Crippen LogP contribution >= 0.6 is 0 Å². The van der Waals surface area contributed by atoms with Gasteiger partial charge in [-0.2, -0.15) is 13.2 Å². The normalized spacial score (nSPS) is 17.4. The van der Waals surface area contributed by atoms with Crippen LogP contribution in [0.1, 0.15) is 24.1 Å². The van der Waals surface area contributed by atoms with Crippen molar-refractivity contribution in [3.05, 3.63) is 41.6 Å². The molecular formula is C15H15F3N2. The van der Waals surface area contributed by atoms with Crippen molar-refractivity contribution in [2.75, 3.05) is 0 Å². The van der Waals surface area contributed by atoms with Crippen molar-refractivity contribution < 1.29 is 13.2 Å². The maximum absolute atomic E-state index is 12.9. The number of nitrogens with zero attached hydrogens (tertiary/aromatic N) is 1. The minimum Gasteiger partial charge on any atom is -0.299 e. The van der Waals surface area contributed by atoms with E-state index in [1.165, 1.54) is 0 Å². The molecule has 1 aromatic heterocycles. The summed E-state index contributed by atoms with van der Waals surface area (Å²) in [6, 6.07) is 9.37. The maximum Gasteiger partial charge on any atom is 0.406 e. The van der Waals surface area contributed by atoms with Gasteiger partial charge in [0, 0.05) is 17.6 Å². The fourth-order valence-electron chi connectivity index (χ4n) is 2.49. The number of pyridine rings is 1. The van der Waals surface area contributed by atoms with Crippen LogP contribution in [0.5, 0.6) is 0 Å². The zero-order valence-electron chi connectivity index (χ0n) is 11.1. The van der Waals surface area contributed by atoms with Gasteiger partial charge in [0.05, 0.1) is 5.52 Å². The minimum absolute atomic E-state index is 0.165. The number of aromatic nitrogens is 1. The molecule has 5 heteroatoms. The van der Waals surface area contributed by atoms with Gasteiger partial charge in [0.15, 0.2) is 0 Å². The quantitative estimate of drug-likeness (QED) is 0.926. The number of aryl methyl sites for hydroxylation is 1. The van der Waals surface area contributed by atoms with E-state index in [9.17, 15) is 13.2 Å². The first-order valence-electron chi connectivity index (χ1n) is 6.58. The van der Waals surface area contributed by atoms with Gasteiger partial charge in [-0.15, -0.1) is 0 Å². The molecule has 0 aliphatic heterocycles. The van der Waals surface area contributed by atoms with Crippen molar-refractivity contribution in [3.8, 4) is 0 Å². The van der Waals surface area contributed by atoms with Gasteiger partial charge in [-0.25, -0.2) is 0 Å². The zero-order chi connectivity index (χ0) is 14.4. The van der Waals surface area contributed by atoms with Crippen LogP contribution in [-0.2, 0) is 6.54 Å². The molecule has 106 valence electrons. The second kappa shape index (κ2) is 4.45. The molecule has 0 radical (unpaired) electrons. The summed E-state index contributed by atoms with van der Waals surface area (Å²) in [6.07, 6.45) is -3.85. The molecule has 2 aromatic rings. The number of alkyl halides is 3. The summed E-state index contributed by atoms with van der Waals surface area (Å²) in [5.41, 5.74) is 0.827. The number of rotatable bonds is 3. The van der Waals surface area contributed by atoms with Crippen LogP contribution in [0.25, 0.3) is 10.9 Å². The average molecular weight is 280 g/mol. The number of para-hydroxylation sites is 1. The molecule has 1 fully saturated rings. The second-order valence-electron chi connectivity index (χ2n) is 5.37. The standard InChI is InChI=1S/C15H15F3N2/c1-10-8-11(12-4-2-3-5-13(12)20-10)9-19-14(6-7-14)15(16,17)18/h2-5,8,19H,6-7,9H2,1H3. The largest absolute Gasteiger partial charge is 0.406 e. The van der Waals surface area contributed by atoms with Crippen molar-refractivity contribution >= 4 is 10.9 Å². The summed E-state index contributed by atoms with van der Waals surface area (Å²) in [5.74, 6) is 0. The summed E-state index contributed by atoms with van der Waals surface area (Å²) in [4.78, 5) is 4.40. The summed E-state index contributed by atoms with van der Waals surface area (Å²) >= 11 is 0. The molecule has 1 N–H and O–H groups in total. The third kappa shape index (κ3) is 2.26. The minimum atomic E-state index is -4.18. The van der Waals surface area contributed by atoms with Crippen LogP contribution in [-0.4, -0.2) is 16.7 Å². The SMILES string of the molecule is Cc1cc(CNC2(C(F)(F)F)CC2)c2ccccc2n1. The second-order valence-corrected chi connectivity index (χ2v) is 5.37. The lowest BCUT2D eigenvalue weighted by Crippen LogP contribution is -2.44. The Morgan fingerprint density at radius 1 is 1.25 bits per heavy atom. The van der Waals surface area contributed by atoms with Gasteiger partial charge < -0.3 is 0 Å². The lowest BCUT2D eigenvalue weighted by molar-refractivity contribution is -0.166. The molecule has 2 nitrogen and oxygen atoms in total. The molecule has 1 aliphatic carbocycles. The Labute approximate surface area is 115 Å². The Morgan fingerprint density at radius 3 is 2.60 bits per heavy atom. The first-order chi connectivity index (χ1) is 9.41. The Morgan fingerprint density at radius 2 is 1.95 bits per heavy atom. The lowest BCUT2D eigenvalue weighted by Gasteiger charge is -2.21. The molecule has 0 saturated heterocycles. The fraction of sp³-hybridized carbons (Fsp3) is 0.400. The van der Waals surface area contributed by atoms with Gasteiger partial charge in [0.25, 0.3) is 0 Å². The van der Waals surface area contributed by atoms with E-state index in [0.29, 0.717) is 0 Å². The van der Waals surface area contributed by atoms with Crippen LogP contribution in [0.4, 0.5) is 13.2 Å². The molecule has 20 heavy (non-hydrogen) atoms. The van der Waals surface area contributed by atoms with Gasteiger partial charge in [0.2, 0.25) is 0 Å². The molecule has 0 atom stereocenters. The van der Waals surface area contributed by atoms with Crippen molar-refractivity contribution in [1.29, 1.82) is 0 Å². The zero-order valence-corrected chi connectivity index (χ0v) is 11.1. The highest BCUT2D eigenvalue weighted by Gasteiger charge is 2.62. The van der Waals surface area contributed by atoms with E-state index in [4.69, 9.17) is 0 Å². The lowest BCUT2D eigenvalue weighted by atomic mass is 10.1. The molecule has 1 heterocycles. The summed E-state index contributed by atoms with van der Waals surface area (Å²) in [6.45, 7) is 2.07. The average Bonchev–Trinajstić information content (AvgIpc) is 3.16. The van der Waals surface area contributed by atoms with Gasteiger partial charge in [-0.05, 0) is 37.5 Å². The maximum atomic E-state index is 12.9. The Balaban J connectivity index is 1.88. The Hall–Kier alpha value is -1.62. The van der Waals surface area contributed by atoms with Gasteiger partial charge >= 0.3 is 6.18 Å². The van der Waals surface area contributed by atoms with E-state index in [1.54, 1.807) is 0 Å². The number of halogens is 3. The third-order valence-electron chi connectivity index (χ3n) is 3.84. The molecule has 0 bridgehead atoms. The van der Waals surface area contributed by atoms with E-state index in [-0.39, 0.29) is 19.4 Å². The molecule has 0 amide bonds. The van der Waals surface area contributed by atoms with E-state index >= 15 is 0 Å². The number of benzene rings is 1. The van der Waals surface area contributed by atoms with E-state index in [2.05, 4.69) is 10.3 Å². The highest BCUT2D eigenvalue weighted by molar-refractivity contribution is 5.82. The van der Waals surface area contributed by atoms with E-state index in [1.807, 2.05) is 37.3 Å². The molecular weight excluding hydrogens is 265 g/mol. The van der Waals surface area contributed by atoms with Gasteiger partial charge in [0.1, 0.15) is 5.54 Å². The molecule has 0 unspecified atom stereocenters. The molecule has 1 aliphatic rings. The van der Waals surface area contributed by atoms with Gasteiger partial charge in [-0.1, -0.05) is 18.2 Å². The monoisotopic (exact) mass is 280 g/mol. The Bertz CT molecular complexity index is 645. The van der Waals surface area contributed by atoms with Crippen LogP contribution in [0.15, 0.2) is 30.3 Å². The number of nitrogens with one attached hydrogen (secondary N) is 1. The van der Waals surface area contributed by atoms with Crippen LogP contribution in [0, 0.1) is 6.92 Å². The molecule has 0 spiro atoms. The highest BCUT2D eigenvalue weighted by Crippen LogP contribution is 2.49. The third-order valence-corrected chi connectivity index (χ3v) is 3.84. The van der Waals surface area contributed by atoms with Crippen LogP contribution in [0.2, 0.25) is 0 Å². The summed E-state index contributed by atoms with van der Waals surface area (Å²) in [7, 11) is 0. The van der Waals surface area contributed by atoms with Crippen molar-refractivity contribution in [1.82, 2.24) is 10.3 Å². The number of hydrogen-bond donors (Lipinski definition) is 1. The summed E-state index contributed by atoms with van der Waals surface area (Å²) < 4.78 is 38.8. The fourth-order valence-corrected chi connectivity index (χ4v) is 2.49.